The highest BCUT2D eigenvalue weighted by Crippen LogP contribution is 1.98. The quantitative estimate of drug-likeness (QED) is 0.620. The topological polar surface area (TPSA) is 77.3 Å². The van der Waals surface area contributed by atoms with Gasteiger partial charge in [-0.3, -0.25) is 29.9 Å². The van der Waals surface area contributed by atoms with Crippen molar-refractivity contribution < 1.29 is 0 Å². The van der Waals surface area contributed by atoms with E-state index in [9.17, 15) is 0 Å². The maximum Gasteiger partial charge on any atom is 0.0588 e. The molecule has 133 valence electrons. The van der Waals surface area contributed by atoms with Crippen LogP contribution in [0.25, 0.3) is 0 Å². The van der Waals surface area contributed by atoms with Crippen molar-refractivity contribution in [3.05, 3.63) is 78.8 Å². The van der Waals surface area contributed by atoms with Crippen LogP contribution in [-0.4, -0.2) is 29.9 Å². The van der Waals surface area contributed by atoms with Gasteiger partial charge in [-0.05, 0) is 34.6 Å². The van der Waals surface area contributed by atoms with E-state index >= 15 is 0 Å². The van der Waals surface area contributed by atoms with Gasteiger partial charge in [0.2, 0.25) is 0 Å². The third-order valence-electron chi connectivity index (χ3n) is 2.70. The Morgan fingerprint density at radius 1 is 0.560 bits per heavy atom. The Kier molecular flexibility index (Phi) is 12.2. The zero-order valence-corrected chi connectivity index (χ0v) is 15.9. The lowest BCUT2D eigenvalue weighted by atomic mass is 10.3. The molecule has 0 amide bonds. The van der Waals surface area contributed by atoms with Crippen LogP contribution in [0.5, 0.6) is 0 Å². The summed E-state index contributed by atoms with van der Waals surface area (Å²) in [5, 5.41) is 0. The fourth-order valence-corrected chi connectivity index (χ4v) is 1.37. The van der Waals surface area contributed by atoms with Crippen LogP contribution in [0.2, 0.25) is 0 Å². The summed E-state index contributed by atoms with van der Waals surface area (Å²) in [5.74, 6) is 0. The van der Waals surface area contributed by atoms with Crippen LogP contribution < -0.4 is 0 Å². The fraction of sp³-hybridized carbons (Fsp3) is 0.316. The van der Waals surface area contributed by atoms with Crippen molar-refractivity contribution in [2.75, 3.05) is 0 Å². The van der Waals surface area contributed by atoms with Gasteiger partial charge in [0.25, 0.3) is 0 Å². The molecule has 3 aromatic rings. The van der Waals surface area contributed by atoms with Crippen molar-refractivity contribution in [2.24, 2.45) is 0 Å². The van der Waals surface area contributed by atoms with E-state index in [-0.39, 0.29) is 0 Å². The van der Waals surface area contributed by atoms with Gasteiger partial charge in [0, 0.05) is 43.4 Å². The summed E-state index contributed by atoms with van der Waals surface area (Å²) < 4.78 is 0. The Balaban J connectivity index is 0.000000334. The van der Waals surface area contributed by atoms with E-state index < -0.39 is 0 Å². The molecule has 0 atom stereocenters. The highest BCUT2D eigenvalue weighted by atomic mass is 14.8. The van der Waals surface area contributed by atoms with Crippen LogP contribution in [0.15, 0.2) is 43.4 Å². The zero-order valence-electron chi connectivity index (χ0n) is 15.9. The molecule has 3 heterocycles. The first-order valence-electron chi connectivity index (χ1n) is 7.92. The maximum absolute atomic E-state index is 4.21. The molecule has 3 aromatic heterocycles. The van der Waals surface area contributed by atoms with Gasteiger partial charge in [-0.2, -0.15) is 0 Å². The lowest BCUT2D eigenvalue weighted by molar-refractivity contribution is 1.00. The van der Waals surface area contributed by atoms with E-state index in [4.69, 9.17) is 0 Å². The highest BCUT2D eigenvalue weighted by molar-refractivity contribution is 5.09. The van der Waals surface area contributed by atoms with E-state index in [0.29, 0.717) is 0 Å². The Morgan fingerprint density at radius 3 is 1.24 bits per heavy atom. The fourth-order valence-electron chi connectivity index (χ4n) is 1.37. The molecule has 0 bridgehead atoms. The van der Waals surface area contributed by atoms with Crippen molar-refractivity contribution in [1.82, 2.24) is 29.9 Å². The summed E-state index contributed by atoms with van der Waals surface area (Å²) >= 11 is 0. The lowest BCUT2D eigenvalue weighted by Gasteiger charge is -1.96. The predicted molar refractivity (Wildman–Crippen MR) is 101 cm³/mol. The lowest BCUT2D eigenvalue weighted by Crippen LogP contribution is -1.92. The number of rotatable bonds is 0. The molecule has 25 heavy (non-hydrogen) atoms. The summed E-state index contributed by atoms with van der Waals surface area (Å²) in [7, 11) is 0. The monoisotopic (exact) mass is 339 g/mol. The Morgan fingerprint density at radius 2 is 0.960 bits per heavy atom. The summed E-state index contributed by atoms with van der Waals surface area (Å²) in [5.41, 5.74) is 4.96. The first kappa shape index (κ1) is 22.2. The van der Waals surface area contributed by atoms with Gasteiger partial charge in [-0.15, -0.1) is 0 Å². The number of nitrogens with zero attached hydrogens (tertiary/aromatic N) is 6. The van der Waals surface area contributed by atoms with Gasteiger partial charge in [0.15, 0.2) is 0 Å². The van der Waals surface area contributed by atoms with Crippen LogP contribution in [0, 0.1) is 41.5 Å². The number of aromatic nitrogens is 6. The molecule has 0 aliphatic carbocycles. The normalized spacial score (nSPS) is 8.60. The third kappa shape index (κ3) is 11.4. The van der Waals surface area contributed by atoms with E-state index in [1.54, 1.807) is 50.3 Å². The van der Waals surface area contributed by atoms with Gasteiger partial charge >= 0.3 is 0 Å². The number of hydrogen-bond acceptors (Lipinski definition) is 6. The second kappa shape index (κ2) is 13.7. The van der Waals surface area contributed by atoms with Crippen LogP contribution in [0.1, 0.15) is 35.4 Å². The zero-order chi connectivity index (χ0) is 19.1. The molecule has 0 aliphatic rings. The van der Waals surface area contributed by atoms with Crippen molar-refractivity contribution in [2.45, 2.75) is 41.5 Å². The first-order chi connectivity index (χ1) is 12.0. The van der Waals surface area contributed by atoms with Crippen LogP contribution >= 0.6 is 0 Å². The van der Waals surface area contributed by atoms with E-state index in [1.165, 1.54) is 0 Å². The summed E-state index contributed by atoms with van der Waals surface area (Å²) in [6.07, 6.45) is 11.9. The molecule has 0 aliphatic heterocycles. The Bertz CT molecular complexity index is 636. The molecule has 6 heteroatoms. The molecular formula is C19H27N6. The molecule has 0 fully saturated rings. The van der Waals surface area contributed by atoms with E-state index in [0.717, 1.165) is 28.5 Å². The van der Waals surface area contributed by atoms with Crippen LogP contribution in [-0.2, 0) is 0 Å². The average molecular weight is 339 g/mol. The molecular weight excluding hydrogens is 312 g/mol. The minimum atomic E-state index is 0.968. The van der Waals surface area contributed by atoms with Crippen LogP contribution in [0.3, 0.4) is 0 Å². The standard InChI is InChI=1S/C7H10N2.C6H8N2.C4H4N2.C2H5/c1-5-4-8-6(2)7(3)9-5;1-5-3-8-6(2)4-7-5;1-2-6-4-3-5-1;1-2/h4H,1-3H3;3-4H,1-2H3;1-4H;1H2,2H3. The molecule has 0 unspecified atom stereocenters. The van der Waals surface area contributed by atoms with E-state index in [2.05, 4.69) is 36.8 Å². The average Bonchev–Trinajstić information content (AvgIpc) is 2.65. The summed E-state index contributed by atoms with van der Waals surface area (Å²) in [6, 6.07) is 0. The SMILES string of the molecule is Cc1cnc(C)c(C)n1.Cc1cnc(C)cn1.[CH2]C.c1cnccn1. The van der Waals surface area contributed by atoms with Crippen molar-refractivity contribution >= 4 is 0 Å². The van der Waals surface area contributed by atoms with Crippen molar-refractivity contribution in [1.29, 1.82) is 0 Å². The molecule has 0 saturated heterocycles. The molecule has 0 saturated carbocycles. The van der Waals surface area contributed by atoms with Crippen molar-refractivity contribution in [3.63, 3.8) is 0 Å². The van der Waals surface area contributed by atoms with Gasteiger partial charge in [0.05, 0.1) is 28.5 Å². The van der Waals surface area contributed by atoms with Gasteiger partial charge in [-0.25, -0.2) is 0 Å². The smallest absolute Gasteiger partial charge is 0.0588 e. The minimum absolute atomic E-state index is 0.968. The molecule has 0 aromatic carbocycles. The first-order valence-corrected chi connectivity index (χ1v) is 7.92. The Hall–Kier alpha value is -2.76. The van der Waals surface area contributed by atoms with Gasteiger partial charge < -0.3 is 0 Å². The molecule has 0 spiro atoms. The molecule has 3 rings (SSSR count). The summed E-state index contributed by atoms with van der Waals surface area (Å²) in [4.78, 5) is 23.8. The van der Waals surface area contributed by atoms with Gasteiger partial charge in [0.1, 0.15) is 0 Å². The maximum atomic E-state index is 4.21. The second-order valence-corrected chi connectivity index (χ2v) is 4.88. The van der Waals surface area contributed by atoms with Crippen LogP contribution in [0.4, 0.5) is 0 Å². The van der Waals surface area contributed by atoms with Gasteiger partial charge in [-0.1, -0.05) is 13.8 Å². The van der Waals surface area contributed by atoms with E-state index in [1.807, 2.05) is 34.6 Å². The third-order valence-corrected chi connectivity index (χ3v) is 2.70. The predicted octanol–water partition coefficient (Wildman–Crippen LogP) is 3.81. The molecule has 6 nitrogen and oxygen atoms in total. The molecule has 1 radical (unpaired) electrons. The number of hydrogen-bond donors (Lipinski definition) is 0. The van der Waals surface area contributed by atoms with Crippen molar-refractivity contribution in [3.8, 4) is 0 Å². The second-order valence-electron chi connectivity index (χ2n) is 4.88. The molecule has 0 N–H and O–H groups in total. The minimum Gasteiger partial charge on any atom is -0.262 e. The Labute approximate surface area is 150 Å². The summed E-state index contributed by atoms with van der Waals surface area (Å²) in [6.45, 7) is 14.7. The largest absolute Gasteiger partial charge is 0.262 e. The number of aryl methyl sites for hydroxylation is 5. The highest BCUT2D eigenvalue weighted by Gasteiger charge is 1.92.